The van der Waals surface area contributed by atoms with E-state index in [1.807, 2.05) is 17.5 Å². The molecule has 1 aromatic heterocycles. The van der Waals surface area contributed by atoms with E-state index >= 15 is 0 Å². The van der Waals surface area contributed by atoms with Crippen LogP contribution in [0.25, 0.3) is 0 Å². The Morgan fingerprint density at radius 2 is 2.18 bits per heavy atom. The van der Waals surface area contributed by atoms with Crippen LogP contribution in [-0.4, -0.2) is 5.78 Å². The van der Waals surface area contributed by atoms with Gasteiger partial charge in [0.05, 0.1) is 0 Å². The quantitative estimate of drug-likeness (QED) is 0.747. The van der Waals surface area contributed by atoms with Crippen molar-refractivity contribution < 1.29 is 9.18 Å². The minimum atomic E-state index is -0.294. The molecule has 0 N–H and O–H groups in total. The fourth-order valence-corrected chi connectivity index (χ4v) is 2.48. The highest BCUT2D eigenvalue weighted by molar-refractivity contribution is 7.09. The summed E-state index contributed by atoms with van der Waals surface area (Å²) in [5, 5.41) is 2.00. The monoisotopic (exact) mass is 248 g/mol. The molecule has 1 nitrogen and oxygen atoms in total. The maximum atomic E-state index is 12.9. The van der Waals surface area contributed by atoms with E-state index in [1.165, 1.54) is 17.0 Å². The second-order valence-electron chi connectivity index (χ2n) is 3.96. The molecule has 0 amide bonds. The summed E-state index contributed by atoms with van der Waals surface area (Å²) in [4.78, 5) is 13.2. The highest BCUT2D eigenvalue weighted by Crippen LogP contribution is 2.16. The van der Waals surface area contributed by atoms with E-state index in [9.17, 15) is 9.18 Å². The second-order valence-corrected chi connectivity index (χ2v) is 4.99. The number of halogens is 1. The number of carbonyl (C=O) groups excluding carboxylic acids is 1. The smallest absolute Gasteiger partial charge is 0.163 e. The molecule has 1 aromatic carbocycles. The first-order valence-corrected chi connectivity index (χ1v) is 6.36. The molecule has 2 rings (SSSR count). The van der Waals surface area contributed by atoms with Crippen molar-refractivity contribution in [3.05, 3.63) is 57.5 Å². The highest BCUT2D eigenvalue weighted by atomic mass is 32.1. The number of Topliss-reactive ketones (excluding diaryl/α,β-unsaturated/α-hetero) is 1. The molecule has 1 heterocycles. The van der Waals surface area contributed by atoms with E-state index in [0.717, 1.165) is 6.42 Å². The van der Waals surface area contributed by atoms with Gasteiger partial charge in [0.25, 0.3) is 0 Å². The van der Waals surface area contributed by atoms with Crippen molar-refractivity contribution in [1.29, 1.82) is 0 Å². The van der Waals surface area contributed by atoms with Gasteiger partial charge in [-0.15, -0.1) is 11.3 Å². The van der Waals surface area contributed by atoms with E-state index in [-0.39, 0.29) is 11.6 Å². The van der Waals surface area contributed by atoms with Gasteiger partial charge in [0.15, 0.2) is 5.78 Å². The Morgan fingerprint density at radius 1 is 1.35 bits per heavy atom. The summed E-state index contributed by atoms with van der Waals surface area (Å²) < 4.78 is 12.9. The van der Waals surface area contributed by atoms with Crippen LogP contribution in [0.3, 0.4) is 0 Å². The fraction of sp³-hybridized carbons (Fsp3) is 0.214. The summed E-state index contributed by atoms with van der Waals surface area (Å²) in [6.07, 6.45) is 1.24. The molecule has 0 aliphatic carbocycles. The largest absolute Gasteiger partial charge is 0.294 e. The summed E-state index contributed by atoms with van der Waals surface area (Å²) in [7, 11) is 0. The van der Waals surface area contributed by atoms with Crippen molar-refractivity contribution in [2.24, 2.45) is 0 Å². The van der Waals surface area contributed by atoms with E-state index < -0.39 is 0 Å². The van der Waals surface area contributed by atoms with Crippen molar-refractivity contribution in [2.45, 2.75) is 19.8 Å². The topological polar surface area (TPSA) is 17.1 Å². The number of rotatable bonds is 4. The predicted octanol–water partition coefficient (Wildman–Crippen LogP) is 4.01. The van der Waals surface area contributed by atoms with Crippen LogP contribution in [0.5, 0.6) is 0 Å². The molecule has 0 atom stereocenters. The Labute approximate surface area is 104 Å². The van der Waals surface area contributed by atoms with Crippen molar-refractivity contribution in [1.82, 2.24) is 0 Å². The lowest BCUT2D eigenvalue weighted by atomic mass is 10.0. The standard InChI is InChI=1S/C14H13FOS/c1-10-9-11(15)4-6-13(10)14(16)7-5-12-3-2-8-17-12/h2-4,6,8-9H,5,7H2,1H3. The van der Waals surface area contributed by atoms with Crippen LogP contribution < -0.4 is 0 Å². The van der Waals surface area contributed by atoms with Gasteiger partial charge in [0.1, 0.15) is 5.82 Å². The average molecular weight is 248 g/mol. The fourth-order valence-electron chi connectivity index (χ4n) is 1.77. The maximum Gasteiger partial charge on any atom is 0.163 e. The van der Waals surface area contributed by atoms with Crippen LogP contribution in [0, 0.1) is 12.7 Å². The molecular formula is C14H13FOS. The van der Waals surface area contributed by atoms with Crippen molar-refractivity contribution in [3.63, 3.8) is 0 Å². The van der Waals surface area contributed by atoms with Crippen molar-refractivity contribution in [2.75, 3.05) is 0 Å². The van der Waals surface area contributed by atoms with Gasteiger partial charge >= 0.3 is 0 Å². The number of aryl methyl sites for hydroxylation is 2. The molecule has 0 spiro atoms. The molecule has 0 radical (unpaired) electrons. The zero-order chi connectivity index (χ0) is 12.3. The Bertz CT molecular complexity index is 517. The number of hydrogen-bond donors (Lipinski definition) is 0. The number of hydrogen-bond acceptors (Lipinski definition) is 2. The van der Waals surface area contributed by atoms with E-state index in [4.69, 9.17) is 0 Å². The Kier molecular flexibility index (Phi) is 3.69. The lowest BCUT2D eigenvalue weighted by molar-refractivity contribution is 0.0982. The van der Waals surface area contributed by atoms with Gasteiger partial charge in [-0.1, -0.05) is 6.07 Å². The van der Waals surface area contributed by atoms with Crippen LogP contribution in [0.15, 0.2) is 35.7 Å². The number of benzene rings is 1. The molecule has 0 saturated heterocycles. The SMILES string of the molecule is Cc1cc(F)ccc1C(=O)CCc1cccs1. The van der Waals surface area contributed by atoms with E-state index in [0.29, 0.717) is 17.5 Å². The molecular weight excluding hydrogens is 235 g/mol. The van der Waals surface area contributed by atoms with Gasteiger partial charge in [-0.3, -0.25) is 4.79 Å². The van der Waals surface area contributed by atoms with Crippen LogP contribution in [0.4, 0.5) is 4.39 Å². The second kappa shape index (κ2) is 5.23. The number of ketones is 1. The third kappa shape index (κ3) is 3.01. The van der Waals surface area contributed by atoms with Gasteiger partial charge < -0.3 is 0 Å². The lowest BCUT2D eigenvalue weighted by Crippen LogP contribution is -2.03. The molecule has 0 saturated carbocycles. The van der Waals surface area contributed by atoms with Gasteiger partial charge in [-0.05, 0) is 48.6 Å². The van der Waals surface area contributed by atoms with Gasteiger partial charge in [0, 0.05) is 16.9 Å². The van der Waals surface area contributed by atoms with Gasteiger partial charge in [-0.25, -0.2) is 4.39 Å². The summed E-state index contributed by atoms with van der Waals surface area (Å²) >= 11 is 1.65. The lowest BCUT2D eigenvalue weighted by Gasteiger charge is -2.04. The molecule has 0 aliphatic rings. The van der Waals surface area contributed by atoms with Crippen molar-refractivity contribution >= 4 is 17.1 Å². The Hall–Kier alpha value is -1.48. The van der Waals surface area contributed by atoms with Crippen LogP contribution in [-0.2, 0) is 6.42 Å². The molecule has 2 aromatic rings. The minimum Gasteiger partial charge on any atom is -0.294 e. The minimum absolute atomic E-state index is 0.0795. The zero-order valence-corrected chi connectivity index (χ0v) is 10.4. The van der Waals surface area contributed by atoms with Crippen LogP contribution >= 0.6 is 11.3 Å². The summed E-state index contributed by atoms with van der Waals surface area (Å²) in [5.74, 6) is -0.215. The third-order valence-electron chi connectivity index (χ3n) is 2.67. The molecule has 88 valence electrons. The van der Waals surface area contributed by atoms with Crippen molar-refractivity contribution in [3.8, 4) is 0 Å². The zero-order valence-electron chi connectivity index (χ0n) is 9.57. The summed E-state index contributed by atoms with van der Waals surface area (Å²) in [6.45, 7) is 1.77. The molecule has 17 heavy (non-hydrogen) atoms. The number of carbonyl (C=O) groups is 1. The summed E-state index contributed by atoms with van der Waals surface area (Å²) in [6, 6.07) is 8.31. The highest BCUT2D eigenvalue weighted by Gasteiger charge is 2.10. The first-order valence-electron chi connectivity index (χ1n) is 5.48. The van der Waals surface area contributed by atoms with Crippen LogP contribution in [0.2, 0.25) is 0 Å². The third-order valence-corrected chi connectivity index (χ3v) is 3.60. The molecule has 0 aliphatic heterocycles. The van der Waals surface area contributed by atoms with E-state index in [1.54, 1.807) is 24.3 Å². The Balaban J connectivity index is 2.04. The predicted molar refractivity (Wildman–Crippen MR) is 68.1 cm³/mol. The Morgan fingerprint density at radius 3 is 2.82 bits per heavy atom. The number of thiophene rings is 1. The average Bonchev–Trinajstić information content (AvgIpc) is 2.78. The molecule has 0 bridgehead atoms. The maximum absolute atomic E-state index is 12.9. The first-order chi connectivity index (χ1) is 8.16. The summed E-state index contributed by atoms with van der Waals surface area (Å²) in [5.41, 5.74) is 1.34. The van der Waals surface area contributed by atoms with Gasteiger partial charge in [-0.2, -0.15) is 0 Å². The van der Waals surface area contributed by atoms with Crippen LogP contribution in [0.1, 0.15) is 27.2 Å². The molecule has 3 heteroatoms. The first kappa shape index (κ1) is 12.0. The normalized spacial score (nSPS) is 10.5. The van der Waals surface area contributed by atoms with Gasteiger partial charge in [0.2, 0.25) is 0 Å². The molecule has 0 unspecified atom stereocenters. The van der Waals surface area contributed by atoms with E-state index in [2.05, 4.69) is 0 Å². The molecule has 0 fully saturated rings.